The van der Waals surface area contributed by atoms with Crippen LogP contribution in [0.5, 0.6) is 0 Å². The number of benzene rings is 4. The van der Waals surface area contributed by atoms with Crippen molar-refractivity contribution in [1.82, 2.24) is 0 Å². The van der Waals surface area contributed by atoms with Crippen LogP contribution in [0.4, 0.5) is 11.4 Å². The molecule has 0 saturated carbocycles. The number of para-hydroxylation sites is 2. The average molecular weight is 358 g/mol. The zero-order chi connectivity index (χ0) is 18.0. The third kappa shape index (κ3) is 5.51. The van der Waals surface area contributed by atoms with Crippen molar-refractivity contribution in [3.05, 3.63) is 120 Å². The number of rotatable bonds is 3. The Kier molecular flexibility index (Phi) is 6.46. The van der Waals surface area contributed by atoms with Gasteiger partial charge in [0.15, 0.2) is 0 Å². The maximum absolute atomic E-state index is 5.80. The highest BCUT2D eigenvalue weighted by molar-refractivity contribution is 6.30. The van der Waals surface area contributed by atoms with Crippen LogP contribution < -0.4 is 5.32 Å². The summed E-state index contributed by atoms with van der Waals surface area (Å²) in [6.45, 7) is 0. The molecule has 4 aromatic rings. The van der Waals surface area contributed by atoms with E-state index >= 15 is 0 Å². The van der Waals surface area contributed by atoms with E-state index in [0.717, 1.165) is 16.4 Å². The van der Waals surface area contributed by atoms with Crippen LogP contribution in [0, 0.1) is 0 Å². The van der Waals surface area contributed by atoms with Crippen LogP contribution in [0.25, 0.3) is 11.1 Å². The van der Waals surface area contributed by atoms with Crippen LogP contribution in [-0.4, -0.2) is 0 Å². The van der Waals surface area contributed by atoms with Gasteiger partial charge in [0.1, 0.15) is 0 Å². The first-order valence-corrected chi connectivity index (χ1v) is 8.87. The fraction of sp³-hybridized carbons (Fsp3) is 0. The fourth-order valence-electron chi connectivity index (χ4n) is 2.48. The van der Waals surface area contributed by atoms with Crippen LogP contribution >= 0.6 is 11.6 Å². The van der Waals surface area contributed by atoms with Gasteiger partial charge in [-0.15, -0.1) is 0 Å². The molecular formula is C24H20ClN. The normalized spacial score (nSPS) is 9.73. The Morgan fingerprint density at radius 2 is 0.808 bits per heavy atom. The van der Waals surface area contributed by atoms with Crippen LogP contribution in [0.3, 0.4) is 0 Å². The largest absolute Gasteiger partial charge is 0.356 e. The standard InChI is InChI=1S/C12H9Cl.C12H11N/c13-12-8-6-11(7-9-12)10-4-2-1-3-5-10;1-3-7-11(8-4-1)13-12-9-5-2-6-10-12/h1-9H;1-10,13H. The number of hydrogen-bond donors (Lipinski definition) is 1. The molecule has 0 radical (unpaired) electrons. The smallest absolute Gasteiger partial charge is 0.0406 e. The molecule has 0 aliphatic carbocycles. The summed E-state index contributed by atoms with van der Waals surface area (Å²) in [4.78, 5) is 0. The molecule has 0 aliphatic rings. The molecule has 0 unspecified atom stereocenters. The summed E-state index contributed by atoms with van der Waals surface area (Å²) in [5.74, 6) is 0. The van der Waals surface area contributed by atoms with E-state index in [1.165, 1.54) is 11.1 Å². The fourth-order valence-corrected chi connectivity index (χ4v) is 2.61. The van der Waals surface area contributed by atoms with E-state index in [1.54, 1.807) is 0 Å². The Morgan fingerprint density at radius 1 is 0.423 bits per heavy atom. The zero-order valence-electron chi connectivity index (χ0n) is 14.3. The number of nitrogens with one attached hydrogen (secondary N) is 1. The zero-order valence-corrected chi connectivity index (χ0v) is 15.1. The molecule has 0 aliphatic heterocycles. The molecule has 26 heavy (non-hydrogen) atoms. The molecule has 1 nitrogen and oxygen atoms in total. The molecule has 0 heterocycles. The van der Waals surface area contributed by atoms with Gasteiger partial charge in [0.05, 0.1) is 0 Å². The van der Waals surface area contributed by atoms with Crippen molar-refractivity contribution in [3.63, 3.8) is 0 Å². The van der Waals surface area contributed by atoms with Crippen molar-refractivity contribution in [1.29, 1.82) is 0 Å². The van der Waals surface area contributed by atoms with Crippen molar-refractivity contribution < 1.29 is 0 Å². The van der Waals surface area contributed by atoms with Crippen LogP contribution in [0.2, 0.25) is 5.02 Å². The summed E-state index contributed by atoms with van der Waals surface area (Å²) in [6.07, 6.45) is 0. The first kappa shape index (κ1) is 17.8. The average Bonchev–Trinajstić information content (AvgIpc) is 2.71. The quantitative estimate of drug-likeness (QED) is 0.401. The van der Waals surface area contributed by atoms with E-state index in [2.05, 4.69) is 17.4 Å². The first-order valence-electron chi connectivity index (χ1n) is 8.49. The van der Waals surface area contributed by atoms with E-state index < -0.39 is 0 Å². The minimum absolute atomic E-state index is 0.777. The summed E-state index contributed by atoms with van der Waals surface area (Å²) in [7, 11) is 0. The lowest BCUT2D eigenvalue weighted by Gasteiger charge is -2.04. The van der Waals surface area contributed by atoms with Gasteiger partial charge in [-0.1, -0.05) is 90.5 Å². The molecule has 0 amide bonds. The molecule has 0 bridgehead atoms. The van der Waals surface area contributed by atoms with Crippen molar-refractivity contribution in [2.24, 2.45) is 0 Å². The Hall–Kier alpha value is -3.03. The van der Waals surface area contributed by atoms with Gasteiger partial charge < -0.3 is 5.32 Å². The Labute approximate surface area is 159 Å². The van der Waals surface area contributed by atoms with Crippen LogP contribution in [-0.2, 0) is 0 Å². The maximum atomic E-state index is 5.80. The van der Waals surface area contributed by atoms with E-state index in [-0.39, 0.29) is 0 Å². The SMILES string of the molecule is Clc1ccc(-c2ccccc2)cc1.c1ccc(Nc2ccccc2)cc1. The number of hydrogen-bond acceptors (Lipinski definition) is 1. The van der Waals surface area contributed by atoms with Crippen LogP contribution in [0.1, 0.15) is 0 Å². The van der Waals surface area contributed by atoms with E-state index in [0.29, 0.717) is 0 Å². The molecule has 1 N–H and O–H groups in total. The number of anilines is 2. The Bertz CT molecular complexity index is 851. The predicted molar refractivity (Wildman–Crippen MR) is 113 cm³/mol. The van der Waals surface area contributed by atoms with Crippen molar-refractivity contribution in [2.75, 3.05) is 5.32 Å². The highest BCUT2D eigenvalue weighted by atomic mass is 35.5. The lowest BCUT2D eigenvalue weighted by Crippen LogP contribution is -1.87. The number of halogens is 1. The van der Waals surface area contributed by atoms with Crippen molar-refractivity contribution in [2.45, 2.75) is 0 Å². The molecule has 4 rings (SSSR count). The predicted octanol–water partition coefficient (Wildman–Crippen LogP) is 7.44. The second-order valence-electron chi connectivity index (χ2n) is 5.73. The molecular weight excluding hydrogens is 338 g/mol. The maximum Gasteiger partial charge on any atom is 0.0406 e. The topological polar surface area (TPSA) is 12.0 Å². The van der Waals surface area contributed by atoms with Crippen molar-refractivity contribution in [3.8, 4) is 11.1 Å². The highest BCUT2D eigenvalue weighted by Gasteiger charge is 1.94. The molecule has 0 atom stereocenters. The summed E-state index contributed by atoms with van der Waals surface area (Å²) >= 11 is 5.80. The minimum atomic E-state index is 0.777. The summed E-state index contributed by atoms with van der Waals surface area (Å²) in [6, 6.07) is 38.4. The molecule has 4 aromatic carbocycles. The molecule has 128 valence electrons. The second-order valence-corrected chi connectivity index (χ2v) is 6.17. The summed E-state index contributed by atoms with van der Waals surface area (Å²) in [5, 5.41) is 4.08. The van der Waals surface area contributed by atoms with E-state index in [4.69, 9.17) is 11.6 Å². The van der Waals surface area contributed by atoms with Gasteiger partial charge >= 0.3 is 0 Å². The Morgan fingerprint density at radius 3 is 1.27 bits per heavy atom. The summed E-state index contributed by atoms with van der Waals surface area (Å²) in [5.41, 5.74) is 4.66. The first-order chi connectivity index (χ1) is 12.8. The molecule has 0 saturated heterocycles. The van der Waals surface area contributed by atoms with Crippen molar-refractivity contribution >= 4 is 23.0 Å². The lowest BCUT2D eigenvalue weighted by molar-refractivity contribution is 1.55. The van der Waals surface area contributed by atoms with Gasteiger partial charge in [-0.05, 0) is 47.5 Å². The van der Waals surface area contributed by atoms with E-state index in [1.807, 2.05) is 103 Å². The van der Waals surface area contributed by atoms with Gasteiger partial charge in [0.2, 0.25) is 0 Å². The third-order valence-corrected chi connectivity index (χ3v) is 4.04. The minimum Gasteiger partial charge on any atom is -0.356 e. The van der Waals surface area contributed by atoms with Gasteiger partial charge in [-0.2, -0.15) is 0 Å². The molecule has 0 aromatic heterocycles. The lowest BCUT2D eigenvalue weighted by atomic mass is 10.1. The van der Waals surface area contributed by atoms with Gasteiger partial charge in [-0.25, -0.2) is 0 Å². The Balaban J connectivity index is 0.000000151. The van der Waals surface area contributed by atoms with E-state index in [9.17, 15) is 0 Å². The monoisotopic (exact) mass is 357 g/mol. The van der Waals surface area contributed by atoms with Gasteiger partial charge in [0, 0.05) is 16.4 Å². The van der Waals surface area contributed by atoms with Gasteiger partial charge in [-0.3, -0.25) is 0 Å². The highest BCUT2D eigenvalue weighted by Crippen LogP contribution is 2.20. The van der Waals surface area contributed by atoms with Gasteiger partial charge in [0.25, 0.3) is 0 Å². The molecule has 0 spiro atoms. The molecule has 0 fully saturated rings. The third-order valence-electron chi connectivity index (χ3n) is 3.79. The molecule has 2 heteroatoms. The van der Waals surface area contributed by atoms with Crippen LogP contribution in [0.15, 0.2) is 115 Å². The second kappa shape index (κ2) is 9.45. The summed E-state index contributed by atoms with van der Waals surface area (Å²) < 4.78 is 0.